The molecular formula is C24H27N3O5. The molecule has 0 saturated carbocycles. The van der Waals surface area contributed by atoms with Gasteiger partial charge in [0.05, 0.1) is 38.9 Å². The molecule has 2 unspecified atom stereocenters. The van der Waals surface area contributed by atoms with Crippen LogP contribution in [0, 0.1) is 5.92 Å². The topological polar surface area (TPSA) is 114 Å². The Balaban J connectivity index is 1.48. The van der Waals surface area contributed by atoms with Gasteiger partial charge in [-0.25, -0.2) is 0 Å². The Hall–Kier alpha value is -3.23. The second-order valence-electron chi connectivity index (χ2n) is 8.37. The van der Waals surface area contributed by atoms with Crippen LogP contribution in [0.15, 0.2) is 47.6 Å². The van der Waals surface area contributed by atoms with Crippen LogP contribution in [0.3, 0.4) is 0 Å². The zero-order valence-corrected chi connectivity index (χ0v) is 18.0. The van der Waals surface area contributed by atoms with Crippen LogP contribution >= 0.6 is 0 Å². The molecule has 0 spiro atoms. The molecule has 1 saturated heterocycles. The normalized spacial score (nSPS) is 22.9. The predicted molar refractivity (Wildman–Crippen MR) is 119 cm³/mol. The van der Waals surface area contributed by atoms with Crippen molar-refractivity contribution in [2.75, 3.05) is 26.3 Å². The van der Waals surface area contributed by atoms with Gasteiger partial charge in [-0.2, -0.15) is 5.10 Å². The second kappa shape index (κ2) is 9.10. The largest absolute Gasteiger partial charge is 0.481 e. The summed E-state index contributed by atoms with van der Waals surface area (Å²) in [5.74, 6) is -0.839. The lowest BCUT2D eigenvalue weighted by Crippen LogP contribution is -2.53. The average molecular weight is 437 g/mol. The van der Waals surface area contributed by atoms with Crippen LogP contribution in [0.1, 0.15) is 40.4 Å². The van der Waals surface area contributed by atoms with Crippen molar-refractivity contribution < 1.29 is 24.2 Å². The van der Waals surface area contributed by atoms with Crippen LogP contribution in [0.4, 0.5) is 0 Å². The zero-order chi connectivity index (χ0) is 22.7. The van der Waals surface area contributed by atoms with Crippen molar-refractivity contribution in [1.82, 2.24) is 5.01 Å². The molecule has 0 amide bonds. The van der Waals surface area contributed by atoms with Crippen LogP contribution in [0.5, 0.6) is 5.75 Å². The number of benzene rings is 2. The van der Waals surface area contributed by atoms with Gasteiger partial charge in [0, 0.05) is 17.0 Å². The van der Waals surface area contributed by atoms with E-state index in [1.165, 1.54) is 0 Å². The van der Waals surface area contributed by atoms with Crippen molar-refractivity contribution in [3.8, 4) is 5.75 Å². The Labute approximate surface area is 186 Å². The van der Waals surface area contributed by atoms with Crippen molar-refractivity contribution in [2.45, 2.75) is 25.5 Å². The van der Waals surface area contributed by atoms with Gasteiger partial charge >= 0.3 is 5.97 Å². The van der Waals surface area contributed by atoms with Crippen LogP contribution in [-0.4, -0.2) is 60.1 Å². The summed E-state index contributed by atoms with van der Waals surface area (Å²) in [6.07, 6.45) is 2.12. The highest BCUT2D eigenvalue weighted by Gasteiger charge is 2.39. The molecule has 1 fully saturated rings. The SMILES string of the molecule is CC1(N)Oc2ccc(C(=O)c3ccc(C=NN4CCOCC4)cc3)cc2CC1CC(=O)O. The maximum absolute atomic E-state index is 13.0. The summed E-state index contributed by atoms with van der Waals surface area (Å²) in [7, 11) is 0. The summed E-state index contributed by atoms with van der Waals surface area (Å²) < 4.78 is 11.2. The number of ether oxygens (including phenoxy) is 2. The Morgan fingerprint density at radius 3 is 2.56 bits per heavy atom. The molecule has 2 aliphatic heterocycles. The molecule has 0 aromatic heterocycles. The molecule has 0 aliphatic carbocycles. The molecule has 0 radical (unpaired) electrons. The number of aliphatic carboxylic acids is 1. The highest BCUT2D eigenvalue weighted by atomic mass is 16.5. The first kappa shape index (κ1) is 22.0. The molecule has 8 heteroatoms. The second-order valence-corrected chi connectivity index (χ2v) is 8.37. The monoisotopic (exact) mass is 437 g/mol. The van der Waals surface area contributed by atoms with E-state index in [9.17, 15) is 14.7 Å². The van der Waals surface area contributed by atoms with Crippen LogP contribution in [-0.2, 0) is 16.0 Å². The van der Waals surface area contributed by atoms with E-state index in [1.54, 1.807) is 43.5 Å². The van der Waals surface area contributed by atoms with E-state index in [4.69, 9.17) is 15.2 Å². The number of hydrogen-bond acceptors (Lipinski definition) is 7. The van der Waals surface area contributed by atoms with Gasteiger partial charge in [0.1, 0.15) is 5.75 Å². The number of carboxylic acid groups (broad SMARTS) is 1. The number of morpholine rings is 1. The van der Waals surface area contributed by atoms with E-state index in [-0.39, 0.29) is 18.1 Å². The number of hydrazone groups is 1. The fourth-order valence-corrected chi connectivity index (χ4v) is 3.96. The average Bonchev–Trinajstić information content (AvgIpc) is 2.78. The third-order valence-electron chi connectivity index (χ3n) is 5.88. The number of nitrogens with two attached hydrogens (primary N) is 1. The molecule has 2 aliphatic rings. The third-order valence-corrected chi connectivity index (χ3v) is 5.88. The molecule has 32 heavy (non-hydrogen) atoms. The fraction of sp³-hybridized carbons (Fsp3) is 0.375. The molecular weight excluding hydrogens is 410 g/mol. The standard InChI is InChI=1S/C24H27N3O5/c1-24(25)20(14-22(28)29)13-19-12-18(6-7-21(19)32-24)23(30)17-4-2-16(3-5-17)15-26-27-8-10-31-11-9-27/h2-7,12,15,20H,8-11,13-14,25H2,1H3,(H,28,29). The molecule has 2 aromatic carbocycles. The van der Waals surface area contributed by atoms with E-state index < -0.39 is 11.7 Å². The van der Waals surface area contributed by atoms with Gasteiger partial charge in [0.2, 0.25) is 0 Å². The lowest BCUT2D eigenvalue weighted by molar-refractivity contribution is -0.140. The highest BCUT2D eigenvalue weighted by Crippen LogP contribution is 2.37. The summed E-state index contributed by atoms with van der Waals surface area (Å²) in [4.78, 5) is 24.2. The van der Waals surface area contributed by atoms with Crippen molar-refractivity contribution >= 4 is 18.0 Å². The Kier molecular flexibility index (Phi) is 6.25. The van der Waals surface area contributed by atoms with Crippen LogP contribution in [0.25, 0.3) is 0 Å². The van der Waals surface area contributed by atoms with Gasteiger partial charge in [-0.3, -0.25) is 20.3 Å². The summed E-state index contributed by atoms with van der Waals surface area (Å²) in [6.45, 7) is 4.58. The summed E-state index contributed by atoms with van der Waals surface area (Å²) in [6, 6.07) is 12.5. The van der Waals surface area contributed by atoms with Crippen LogP contribution in [0.2, 0.25) is 0 Å². The van der Waals surface area contributed by atoms with Crippen molar-refractivity contribution in [2.24, 2.45) is 16.8 Å². The lowest BCUT2D eigenvalue weighted by Gasteiger charge is -2.39. The maximum Gasteiger partial charge on any atom is 0.303 e. The minimum atomic E-state index is -1.07. The number of fused-ring (bicyclic) bond motifs is 1. The number of carbonyl (C=O) groups is 2. The van der Waals surface area contributed by atoms with E-state index in [0.717, 1.165) is 24.2 Å². The van der Waals surface area contributed by atoms with Gasteiger partial charge < -0.3 is 14.6 Å². The van der Waals surface area contributed by atoms with Gasteiger partial charge in [0.25, 0.3) is 0 Å². The first-order valence-corrected chi connectivity index (χ1v) is 10.7. The molecule has 0 bridgehead atoms. The quantitative estimate of drug-likeness (QED) is 0.526. The molecule has 4 rings (SSSR count). The fourth-order valence-electron chi connectivity index (χ4n) is 3.96. The van der Waals surface area contributed by atoms with E-state index >= 15 is 0 Å². The summed E-state index contributed by atoms with van der Waals surface area (Å²) in [5.41, 5.74) is 7.90. The number of rotatable bonds is 6. The number of nitrogens with zero attached hydrogens (tertiary/aromatic N) is 2. The Morgan fingerprint density at radius 1 is 1.19 bits per heavy atom. The minimum Gasteiger partial charge on any atom is -0.481 e. The molecule has 8 nitrogen and oxygen atoms in total. The zero-order valence-electron chi connectivity index (χ0n) is 18.0. The maximum atomic E-state index is 13.0. The van der Waals surface area contributed by atoms with E-state index in [1.807, 2.05) is 17.1 Å². The number of carbonyl (C=O) groups excluding carboxylic acids is 1. The predicted octanol–water partition coefficient (Wildman–Crippen LogP) is 2.28. The minimum absolute atomic E-state index is 0.0991. The lowest BCUT2D eigenvalue weighted by atomic mass is 9.84. The molecule has 168 valence electrons. The van der Waals surface area contributed by atoms with Gasteiger partial charge in [-0.1, -0.05) is 24.3 Å². The highest BCUT2D eigenvalue weighted by molar-refractivity contribution is 6.09. The van der Waals surface area contributed by atoms with Gasteiger partial charge in [-0.15, -0.1) is 0 Å². The molecule has 2 aromatic rings. The molecule has 2 atom stereocenters. The van der Waals surface area contributed by atoms with Crippen LogP contribution < -0.4 is 10.5 Å². The first-order valence-electron chi connectivity index (χ1n) is 10.7. The number of ketones is 1. The summed E-state index contributed by atoms with van der Waals surface area (Å²) >= 11 is 0. The van der Waals surface area contributed by atoms with Crippen molar-refractivity contribution in [3.63, 3.8) is 0 Å². The Bertz CT molecular complexity index is 1030. The van der Waals surface area contributed by atoms with E-state index in [0.29, 0.717) is 36.5 Å². The van der Waals surface area contributed by atoms with Gasteiger partial charge in [0.15, 0.2) is 11.5 Å². The third kappa shape index (κ3) is 4.98. The number of hydrogen-bond donors (Lipinski definition) is 2. The van der Waals surface area contributed by atoms with E-state index in [2.05, 4.69) is 5.10 Å². The molecule has 2 heterocycles. The smallest absolute Gasteiger partial charge is 0.303 e. The first-order chi connectivity index (χ1) is 15.3. The Morgan fingerprint density at radius 2 is 1.88 bits per heavy atom. The van der Waals surface area contributed by atoms with Gasteiger partial charge in [-0.05, 0) is 42.7 Å². The molecule has 3 N–H and O–H groups in total. The summed E-state index contributed by atoms with van der Waals surface area (Å²) in [5, 5.41) is 15.6. The van der Waals surface area contributed by atoms with Crippen molar-refractivity contribution in [3.05, 3.63) is 64.7 Å². The van der Waals surface area contributed by atoms with Crippen molar-refractivity contribution in [1.29, 1.82) is 0 Å². The number of carboxylic acids is 1.